The molecule has 1 aromatic rings. The van der Waals surface area contributed by atoms with Gasteiger partial charge in [-0.25, -0.2) is 14.0 Å². The van der Waals surface area contributed by atoms with Crippen LogP contribution in [0.5, 0.6) is 0 Å². The SMILES string of the molecule is CC(C)(C)OC(=O)N[C@@H](c1ccccc1)[C@@H](F)C(=O)O. The lowest BCUT2D eigenvalue weighted by Crippen LogP contribution is -2.40. The highest BCUT2D eigenvalue weighted by Gasteiger charge is 2.32. The molecule has 20 heavy (non-hydrogen) atoms. The van der Waals surface area contributed by atoms with E-state index >= 15 is 0 Å². The molecule has 0 saturated carbocycles. The van der Waals surface area contributed by atoms with Gasteiger partial charge in [0.05, 0.1) is 6.04 Å². The van der Waals surface area contributed by atoms with E-state index in [0.717, 1.165) is 0 Å². The van der Waals surface area contributed by atoms with E-state index in [0.29, 0.717) is 5.56 Å². The van der Waals surface area contributed by atoms with Gasteiger partial charge in [-0.3, -0.25) is 0 Å². The van der Waals surface area contributed by atoms with Crippen LogP contribution in [0.2, 0.25) is 0 Å². The Morgan fingerprint density at radius 1 is 1.25 bits per heavy atom. The highest BCUT2D eigenvalue weighted by molar-refractivity contribution is 5.76. The molecule has 0 fully saturated rings. The molecule has 110 valence electrons. The second-order valence-corrected chi connectivity index (χ2v) is 5.27. The summed E-state index contributed by atoms with van der Waals surface area (Å²) in [4.78, 5) is 22.5. The molecule has 1 rings (SSSR count). The van der Waals surface area contributed by atoms with Crippen molar-refractivity contribution in [2.24, 2.45) is 0 Å². The summed E-state index contributed by atoms with van der Waals surface area (Å²) >= 11 is 0. The maximum absolute atomic E-state index is 13.8. The lowest BCUT2D eigenvalue weighted by Gasteiger charge is -2.24. The number of rotatable bonds is 4. The fraction of sp³-hybridized carbons (Fsp3) is 0.429. The number of hydrogen-bond donors (Lipinski definition) is 2. The predicted octanol–water partition coefficient (Wildman–Crippen LogP) is 2.68. The normalized spacial score (nSPS) is 14.2. The Kier molecular flexibility index (Phi) is 5.07. The maximum Gasteiger partial charge on any atom is 0.408 e. The molecule has 0 aliphatic carbocycles. The lowest BCUT2D eigenvalue weighted by molar-refractivity contribution is -0.143. The van der Waals surface area contributed by atoms with E-state index in [1.807, 2.05) is 0 Å². The predicted molar refractivity (Wildman–Crippen MR) is 71.1 cm³/mol. The van der Waals surface area contributed by atoms with Crippen molar-refractivity contribution >= 4 is 12.1 Å². The topological polar surface area (TPSA) is 75.6 Å². The first-order valence-corrected chi connectivity index (χ1v) is 6.12. The summed E-state index contributed by atoms with van der Waals surface area (Å²) in [5.74, 6) is -1.64. The molecule has 0 spiro atoms. The number of ether oxygens (including phenoxy) is 1. The zero-order valence-electron chi connectivity index (χ0n) is 11.6. The monoisotopic (exact) mass is 283 g/mol. The molecule has 0 radical (unpaired) electrons. The van der Waals surface area contributed by atoms with Crippen molar-refractivity contribution in [2.75, 3.05) is 0 Å². The van der Waals surface area contributed by atoms with Crippen LogP contribution in [0.25, 0.3) is 0 Å². The summed E-state index contributed by atoms with van der Waals surface area (Å²) in [5.41, 5.74) is -0.395. The third-order valence-electron chi connectivity index (χ3n) is 2.36. The number of alkyl carbamates (subject to hydrolysis) is 1. The first kappa shape index (κ1) is 15.9. The molecule has 2 atom stereocenters. The Morgan fingerprint density at radius 2 is 1.80 bits per heavy atom. The molecular weight excluding hydrogens is 265 g/mol. The average Bonchev–Trinajstić information content (AvgIpc) is 2.34. The average molecular weight is 283 g/mol. The summed E-state index contributed by atoms with van der Waals surface area (Å²) in [5, 5.41) is 11.0. The van der Waals surface area contributed by atoms with Crippen molar-refractivity contribution < 1.29 is 23.8 Å². The minimum absolute atomic E-state index is 0.355. The van der Waals surface area contributed by atoms with Gasteiger partial charge in [-0.15, -0.1) is 0 Å². The van der Waals surface area contributed by atoms with Crippen molar-refractivity contribution in [1.82, 2.24) is 5.32 Å². The number of carboxylic acid groups (broad SMARTS) is 1. The highest BCUT2D eigenvalue weighted by Crippen LogP contribution is 2.20. The van der Waals surface area contributed by atoms with Gasteiger partial charge in [0.1, 0.15) is 5.60 Å². The molecular formula is C14H18FNO4. The Labute approximate surface area is 116 Å². The third-order valence-corrected chi connectivity index (χ3v) is 2.36. The van der Waals surface area contributed by atoms with Gasteiger partial charge < -0.3 is 15.2 Å². The van der Waals surface area contributed by atoms with Gasteiger partial charge in [0.15, 0.2) is 0 Å². The van der Waals surface area contributed by atoms with E-state index in [-0.39, 0.29) is 0 Å². The van der Waals surface area contributed by atoms with Crippen LogP contribution in [0, 0.1) is 0 Å². The van der Waals surface area contributed by atoms with E-state index < -0.39 is 29.9 Å². The number of nitrogens with one attached hydrogen (secondary N) is 1. The Hall–Kier alpha value is -2.11. The zero-order chi connectivity index (χ0) is 15.3. The molecule has 1 amide bonds. The second-order valence-electron chi connectivity index (χ2n) is 5.27. The molecule has 0 saturated heterocycles. The molecule has 0 unspecified atom stereocenters. The number of hydrogen-bond acceptors (Lipinski definition) is 3. The van der Waals surface area contributed by atoms with E-state index in [9.17, 15) is 14.0 Å². The highest BCUT2D eigenvalue weighted by atomic mass is 19.1. The molecule has 0 heterocycles. The van der Waals surface area contributed by atoms with Gasteiger partial charge in [0.25, 0.3) is 0 Å². The maximum atomic E-state index is 13.8. The summed E-state index contributed by atoms with van der Waals surface area (Å²) in [6.07, 6.45) is -3.12. The lowest BCUT2D eigenvalue weighted by atomic mass is 10.0. The van der Waals surface area contributed by atoms with Crippen molar-refractivity contribution in [2.45, 2.75) is 38.6 Å². The summed E-state index contributed by atoms with van der Waals surface area (Å²) in [6, 6.07) is 6.75. The van der Waals surface area contributed by atoms with Gasteiger partial charge in [-0.05, 0) is 26.3 Å². The number of aliphatic carboxylic acids is 1. The third kappa shape index (κ3) is 4.87. The van der Waals surface area contributed by atoms with Crippen LogP contribution in [0.15, 0.2) is 30.3 Å². The molecule has 0 bridgehead atoms. The van der Waals surface area contributed by atoms with Crippen molar-refractivity contribution in [3.05, 3.63) is 35.9 Å². The largest absolute Gasteiger partial charge is 0.479 e. The van der Waals surface area contributed by atoms with Crippen LogP contribution in [0.4, 0.5) is 9.18 Å². The standard InChI is InChI=1S/C14H18FNO4/c1-14(2,3)20-13(19)16-11(10(15)12(17)18)9-7-5-4-6-8-9/h4-8,10-11H,1-3H3,(H,16,19)(H,17,18)/t10-,11+/m1/s1. The van der Waals surface area contributed by atoms with Crippen LogP contribution in [0.3, 0.4) is 0 Å². The smallest absolute Gasteiger partial charge is 0.408 e. The summed E-state index contributed by atoms with van der Waals surface area (Å²) in [7, 11) is 0. The first-order chi connectivity index (χ1) is 9.20. The number of alkyl halides is 1. The zero-order valence-corrected chi connectivity index (χ0v) is 11.6. The molecule has 0 aliphatic rings. The van der Waals surface area contributed by atoms with Crippen LogP contribution in [-0.2, 0) is 9.53 Å². The van der Waals surface area contributed by atoms with Crippen molar-refractivity contribution in [3.8, 4) is 0 Å². The number of carbonyl (C=O) groups excluding carboxylic acids is 1. The second kappa shape index (κ2) is 6.36. The minimum atomic E-state index is -2.26. The van der Waals surface area contributed by atoms with Crippen LogP contribution in [-0.4, -0.2) is 28.9 Å². The van der Waals surface area contributed by atoms with Gasteiger partial charge in [0.2, 0.25) is 6.17 Å². The fourth-order valence-electron chi connectivity index (χ4n) is 1.56. The molecule has 6 heteroatoms. The number of carbonyl (C=O) groups is 2. The quantitative estimate of drug-likeness (QED) is 0.890. The number of carboxylic acids is 1. The fourth-order valence-corrected chi connectivity index (χ4v) is 1.56. The van der Waals surface area contributed by atoms with Gasteiger partial charge >= 0.3 is 12.1 Å². The summed E-state index contributed by atoms with van der Waals surface area (Å²) < 4.78 is 18.8. The Balaban J connectivity index is 2.90. The van der Waals surface area contributed by atoms with Crippen LogP contribution in [0.1, 0.15) is 32.4 Å². The minimum Gasteiger partial charge on any atom is -0.479 e. The molecule has 5 nitrogen and oxygen atoms in total. The Bertz CT molecular complexity index is 470. The molecule has 1 aromatic carbocycles. The van der Waals surface area contributed by atoms with E-state index in [1.165, 1.54) is 12.1 Å². The molecule has 0 aliphatic heterocycles. The summed E-state index contributed by atoms with van der Waals surface area (Å²) in [6.45, 7) is 4.98. The van der Waals surface area contributed by atoms with Gasteiger partial charge in [-0.1, -0.05) is 30.3 Å². The number of amides is 1. The van der Waals surface area contributed by atoms with E-state index in [4.69, 9.17) is 9.84 Å². The molecule has 2 N–H and O–H groups in total. The van der Waals surface area contributed by atoms with Gasteiger partial charge in [0, 0.05) is 0 Å². The van der Waals surface area contributed by atoms with Crippen molar-refractivity contribution in [3.63, 3.8) is 0 Å². The van der Waals surface area contributed by atoms with E-state index in [1.54, 1.807) is 39.0 Å². The first-order valence-electron chi connectivity index (χ1n) is 6.12. The van der Waals surface area contributed by atoms with Crippen LogP contribution >= 0.6 is 0 Å². The number of benzene rings is 1. The van der Waals surface area contributed by atoms with E-state index in [2.05, 4.69) is 5.32 Å². The number of halogens is 1. The van der Waals surface area contributed by atoms with Crippen LogP contribution < -0.4 is 5.32 Å². The Morgan fingerprint density at radius 3 is 2.25 bits per heavy atom. The van der Waals surface area contributed by atoms with Crippen molar-refractivity contribution in [1.29, 1.82) is 0 Å². The molecule has 0 aromatic heterocycles. The van der Waals surface area contributed by atoms with Gasteiger partial charge in [-0.2, -0.15) is 0 Å².